The highest BCUT2D eigenvalue weighted by Gasteiger charge is 2.26. The predicted molar refractivity (Wildman–Crippen MR) is 78.3 cm³/mol. The zero-order valence-corrected chi connectivity index (χ0v) is 13.0. The van der Waals surface area contributed by atoms with Crippen LogP contribution in [-0.4, -0.2) is 43.6 Å². The Bertz CT molecular complexity index is 686. The molecule has 2 N–H and O–H groups in total. The van der Waals surface area contributed by atoms with Crippen LogP contribution in [0.15, 0.2) is 28.3 Å². The highest BCUT2D eigenvalue weighted by atomic mass is 35.5. The molecule has 1 fully saturated rings. The van der Waals surface area contributed by atoms with Gasteiger partial charge in [-0.1, -0.05) is 21.7 Å². The van der Waals surface area contributed by atoms with E-state index in [4.69, 9.17) is 16.8 Å². The summed E-state index contributed by atoms with van der Waals surface area (Å²) in [5, 5.41) is 11.5. The number of amides is 1. The van der Waals surface area contributed by atoms with Crippen molar-refractivity contribution in [2.45, 2.75) is 23.8 Å². The van der Waals surface area contributed by atoms with Gasteiger partial charge in [0.15, 0.2) is 0 Å². The van der Waals surface area contributed by atoms with Crippen LogP contribution < -0.4 is 4.89 Å². The molecule has 1 amide bonds. The first-order valence-corrected chi connectivity index (χ1v) is 8.32. The van der Waals surface area contributed by atoms with Crippen molar-refractivity contribution >= 4 is 27.5 Å². The Morgan fingerprint density at radius 1 is 1.36 bits per heavy atom. The second-order valence-electron chi connectivity index (χ2n) is 4.87. The van der Waals surface area contributed by atoms with Gasteiger partial charge in [-0.25, -0.2) is 8.42 Å². The summed E-state index contributed by atoms with van der Waals surface area (Å²) in [4.78, 5) is 25.1. The molecular weight excluding hydrogens is 334 g/mol. The van der Waals surface area contributed by atoms with Crippen molar-refractivity contribution in [3.63, 3.8) is 0 Å². The van der Waals surface area contributed by atoms with Crippen molar-refractivity contribution in [2.75, 3.05) is 13.1 Å². The lowest BCUT2D eigenvalue weighted by Gasteiger charge is -2.29. The van der Waals surface area contributed by atoms with Gasteiger partial charge in [0.25, 0.3) is 15.9 Å². The molecule has 10 heteroatoms. The number of piperidine rings is 1. The van der Waals surface area contributed by atoms with Gasteiger partial charge in [0, 0.05) is 18.7 Å². The Balaban J connectivity index is 2.25. The maximum absolute atomic E-state index is 12.4. The molecule has 1 saturated heterocycles. The summed E-state index contributed by atoms with van der Waals surface area (Å²) in [6.07, 6.45) is 0.957. The Kier molecular flexibility index (Phi) is 5.12. The number of nitrogens with one attached hydrogen (secondary N) is 1. The van der Waals surface area contributed by atoms with E-state index < -0.39 is 10.0 Å². The summed E-state index contributed by atoms with van der Waals surface area (Å²) >= 11 is 5.79. The summed E-state index contributed by atoms with van der Waals surface area (Å²) < 4.78 is 23.3. The number of likely N-dealkylation sites (tertiary alicyclic amines) is 1. The van der Waals surface area contributed by atoms with E-state index in [-0.39, 0.29) is 27.4 Å². The van der Waals surface area contributed by atoms with Crippen LogP contribution in [0.3, 0.4) is 0 Å². The average molecular weight is 348 g/mol. The van der Waals surface area contributed by atoms with E-state index in [1.54, 1.807) is 0 Å². The number of hydrogen-bond donors (Lipinski definition) is 2. The maximum atomic E-state index is 12.4. The van der Waals surface area contributed by atoms with Crippen molar-refractivity contribution in [3.05, 3.63) is 33.7 Å². The first-order chi connectivity index (χ1) is 10.4. The number of carbonyl (C=O) groups is 1. The van der Waals surface area contributed by atoms with Gasteiger partial charge in [0.2, 0.25) is 0 Å². The third-order valence-electron chi connectivity index (χ3n) is 3.49. The molecule has 0 radical (unpaired) electrons. The van der Waals surface area contributed by atoms with Crippen LogP contribution in [-0.2, 0) is 10.0 Å². The van der Waals surface area contributed by atoms with Gasteiger partial charge >= 0.3 is 0 Å². The molecule has 2 rings (SSSR count). The third kappa shape index (κ3) is 3.43. The summed E-state index contributed by atoms with van der Waals surface area (Å²) in [6.45, 7) is 0.746. The molecule has 0 atom stereocenters. The fraction of sp³-hybridized carbons (Fsp3) is 0.417. The largest absolute Gasteiger partial charge is 0.338 e. The van der Waals surface area contributed by atoms with Gasteiger partial charge < -0.3 is 10.1 Å². The highest BCUT2D eigenvalue weighted by Crippen LogP contribution is 2.24. The first-order valence-electron chi connectivity index (χ1n) is 6.46. The Morgan fingerprint density at radius 2 is 2.00 bits per heavy atom. The molecule has 1 heterocycles. The van der Waals surface area contributed by atoms with Crippen LogP contribution in [0.5, 0.6) is 0 Å². The number of nitrogens with zero attached hydrogens (tertiary/aromatic N) is 2. The topological polar surface area (TPSA) is 116 Å². The molecule has 0 aromatic heterocycles. The number of carbonyl (C=O) groups excluding carboxylic acids is 1. The monoisotopic (exact) mass is 347 g/mol. The normalized spacial score (nSPS) is 16.5. The highest BCUT2D eigenvalue weighted by molar-refractivity contribution is 7.89. The van der Waals surface area contributed by atoms with Crippen molar-refractivity contribution in [2.24, 2.45) is 5.18 Å². The molecule has 0 unspecified atom stereocenters. The summed E-state index contributed by atoms with van der Waals surface area (Å²) in [5.41, 5.74) is 0.135. The lowest BCUT2D eigenvalue weighted by atomic mass is 10.0. The van der Waals surface area contributed by atoms with Gasteiger partial charge in [0.1, 0.15) is 4.90 Å². The summed E-state index contributed by atoms with van der Waals surface area (Å²) in [7, 11) is -4.18. The molecule has 0 aliphatic carbocycles. The molecular formula is C12H14ClN3O5S. The van der Waals surface area contributed by atoms with Crippen molar-refractivity contribution in [1.29, 1.82) is 0 Å². The standard InChI is InChI=1S/C12H14ClN3O5S/c13-10-2-1-8(7-11(10)22(20,21)15-19)12(17)16-5-3-9(14-18)4-6-16/h1-2,7,9,15,19H,3-6H2. The fourth-order valence-electron chi connectivity index (χ4n) is 2.25. The number of rotatable bonds is 4. The molecule has 1 aromatic carbocycles. The number of sulfonamides is 1. The quantitative estimate of drug-likeness (QED) is 0.630. The zero-order valence-electron chi connectivity index (χ0n) is 11.4. The van der Waals surface area contributed by atoms with Gasteiger partial charge in [-0.2, -0.15) is 4.91 Å². The van der Waals surface area contributed by atoms with E-state index in [0.29, 0.717) is 25.9 Å². The van der Waals surface area contributed by atoms with E-state index in [9.17, 15) is 18.1 Å². The van der Waals surface area contributed by atoms with E-state index in [2.05, 4.69) is 5.18 Å². The van der Waals surface area contributed by atoms with Crippen LogP contribution in [0.4, 0.5) is 0 Å². The van der Waals surface area contributed by atoms with Crippen LogP contribution in [0.1, 0.15) is 23.2 Å². The number of benzene rings is 1. The second kappa shape index (κ2) is 6.69. The first kappa shape index (κ1) is 16.8. The molecule has 0 bridgehead atoms. The molecule has 0 spiro atoms. The molecule has 120 valence electrons. The van der Waals surface area contributed by atoms with E-state index >= 15 is 0 Å². The minimum atomic E-state index is -4.18. The number of hydrogen-bond acceptors (Lipinski definition) is 6. The lowest BCUT2D eigenvalue weighted by Crippen LogP contribution is -2.39. The van der Waals surface area contributed by atoms with Crippen molar-refractivity contribution in [1.82, 2.24) is 9.79 Å². The zero-order chi connectivity index (χ0) is 16.3. The Labute approximate surface area is 132 Å². The van der Waals surface area contributed by atoms with E-state index in [1.165, 1.54) is 21.9 Å². The predicted octanol–water partition coefficient (Wildman–Crippen LogP) is 1.38. The van der Waals surface area contributed by atoms with E-state index in [1.807, 2.05) is 0 Å². The van der Waals surface area contributed by atoms with Crippen molar-refractivity contribution < 1.29 is 18.4 Å². The number of nitroso groups, excluding NO2 is 1. The molecule has 8 nitrogen and oxygen atoms in total. The minimum Gasteiger partial charge on any atom is -0.338 e. The van der Waals surface area contributed by atoms with Crippen LogP contribution in [0.25, 0.3) is 0 Å². The van der Waals surface area contributed by atoms with Gasteiger partial charge in [-0.15, -0.1) is 0 Å². The molecule has 1 aliphatic rings. The molecule has 1 aromatic rings. The molecule has 22 heavy (non-hydrogen) atoms. The van der Waals surface area contributed by atoms with Crippen LogP contribution in [0.2, 0.25) is 5.02 Å². The molecule has 1 aliphatic heterocycles. The Hall–Kier alpha value is -1.55. The summed E-state index contributed by atoms with van der Waals surface area (Å²) in [6, 6.07) is 3.50. The van der Waals surface area contributed by atoms with E-state index in [0.717, 1.165) is 6.07 Å². The average Bonchev–Trinajstić information content (AvgIpc) is 2.54. The Morgan fingerprint density at radius 3 is 2.55 bits per heavy atom. The second-order valence-corrected chi connectivity index (χ2v) is 6.91. The minimum absolute atomic E-state index is 0.109. The van der Waals surface area contributed by atoms with Crippen molar-refractivity contribution in [3.8, 4) is 0 Å². The van der Waals surface area contributed by atoms with Gasteiger partial charge in [-0.05, 0) is 31.0 Å². The number of halogens is 1. The van der Waals surface area contributed by atoms with Gasteiger partial charge in [0.05, 0.1) is 11.1 Å². The summed E-state index contributed by atoms with van der Waals surface area (Å²) in [5.74, 6) is -0.365. The van der Waals surface area contributed by atoms with Crippen LogP contribution >= 0.6 is 11.6 Å². The molecule has 0 saturated carbocycles. The smallest absolute Gasteiger partial charge is 0.263 e. The van der Waals surface area contributed by atoms with Gasteiger partial charge in [-0.3, -0.25) is 4.79 Å². The lowest BCUT2D eigenvalue weighted by molar-refractivity contribution is 0.0714. The van der Waals surface area contributed by atoms with Crippen LogP contribution in [0, 0.1) is 4.91 Å². The maximum Gasteiger partial charge on any atom is 0.263 e. The fourth-order valence-corrected chi connectivity index (χ4v) is 3.38. The SMILES string of the molecule is O=NC1CCN(C(=O)c2ccc(Cl)c(S(=O)(=O)NO)c2)CC1. The third-order valence-corrected chi connectivity index (χ3v) is 5.09.